The van der Waals surface area contributed by atoms with Crippen molar-refractivity contribution in [1.29, 1.82) is 0 Å². The van der Waals surface area contributed by atoms with Crippen molar-refractivity contribution in [2.24, 2.45) is 0 Å². The van der Waals surface area contributed by atoms with Gasteiger partial charge >= 0.3 is 12.1 Å². The van der Waals surface area contributed by atoms with Crippen LogP contribution in [0.1, 0.15) is 37.1 Å². The molecule has 0 radical (unpaired) electrons. The van der Waals surface area contributed by atoms with Gasteiger partial charge < -0.3 is 5.11 Å². The van der Waals surface area contributed by atoms with Crippen molar-refractivity contribution in [3.63, 3.8) is 0 Å². The summed E-state index contributed by atoms with van der Waals surface area (Å²) in [4.78, 5) is 0. The molecule has 0 heterocycles. The van der Waals surface area contributed by atoms with Crippen molar-refractivity contribution in [1.82, 2.24) is 0 Å². The highest BCUT2D eigenvalue weighted by Gasteiger charge is 2.63. The summed E-state index contributed by atoms with van der Waals surface area (Å²) >= 11 is 0. The van der Waals surface area contributed by atoms with Crippen LogP contribution in [0.15, 0.2) is 18.2 Å². The zero-order valence-electron chi connectivity index (χ0n) is 10.6. The fraction of sp³-hybridized carbons (Fsp3) is 0.538. The third-order valence-electron chi connectivity index (χ3n) is 2.89. The highest BCUT2D eigenvalue weighted by molar-refractivity contribution is 5.37. The minimum Gasteiger partial charge on any atom is -0.508 e. The maximum Gasteiger partial charge on any atom is 0.456 e. The Hall–Kier alpha value is -1.40. The van der Waals surface area contributed by atoms with E-state index in [2.05, 4.69) is 0 Å². The van der Waals surface area contributed by atoms with Crippen molar-refractivity contribution in [3.8, 4) is 5.75 Å². The number of hydrogen-bond acceptors (Lipinski definition) is 1. The van der Waals surface area contributed by atoms with Gasteiger partial charge in [-0.15, -0.1) is 0 Å². The molecule has 20 heavy (non-hydrogen) atoms. The Morgan fingerprint density at radius 1 is 1.15 bits per heavy atom. The first-order valence-corrected chi connectivity index (χ1v) is 6.01. The number of phenols is 1. The van der Waals surface area contributed by atoms with Gasteiger partial charge in [-0.2, -0.15) is 22.0 Å². The van der Waals surface area contributed by atoms with Crippen LogP contribution in [0.25, 0.3) is 0 Å². The Labute approximate surface area is 112 Å². The average Bonchev–Trinajstić information content (AvgIpc) is 2.35. The summed E-state index contributed by atoms with van der Waals surface area (Å²) in [5.41, 5.74) is -0.638. The Kier molecular flexibility index (Phi) is 4.94. The zero-order chi connectivity index (χ0) is 15.6. The lowest BCUT2D eigenvalue weighted by Crippen LogP contribution is -2.40. The quantitative estimate of drug-likeness (QED) is 0.763. The summed E-state index contributed by atoms with van der Waals surface area (Å²) in [7, 11) is 0. The van der Waals surface area contributed by atoms with Crippen molar-refractivity contribution in [2.45, 2.75) is 44.5 Å². The van der Waals surface area contributed by atoms with E-state index in [9.17, 15) is 31.4 Å². The highest BCUT2D eigenvalue weighted by Crippen LogP contribution is 2.46. The summed E-state index contributed by atoms with van der Waals surface area (Å²) in [5.74, 6) is -5.71. The largest absolute Gasteiger partial charge is 0.508 e. The van der Waals surface area contributed by atoms with Gasteiger partial charge in [-0.25, -0.2) is 4.39 Å². The van der Waals surface area contributed by atoms with Gasteiger partial charge in [-0.1, -0.05) is 19.4 Å². The molecule has 7 heteroatoms. The number of aromatic hydroxyl groups is 1. The summed E-state index contributed by atoms with van der Waals surface area (Å²) in [6.07, 6.45) is -7.84. The first-order valence-electron chi connectivity index (χ1n) is 6.01. The van der Waals surface area contributed by atoms with Crippen molar-refractivity contribution >= 4 is 0 Å². The molecule has 1 nitrogen and oxygen atoms in total. The minimum absolute atomic E-state index is 0.157. The molecule has 1 aromatic rings. The smallest absolute Gasteiger partial charge is 0.456 e. The monoisotopic (exact) mass is 300 g/mol. The van der Waals surface area contributed by atoms with Crippen LogP contribution < -0.4 is 0 Å². The van der Waals surface area contributed by atoms with Gasteiger partial charge in [0.05, 0.1) is 0 Å². The average molecular weight is 300 g/mol. The van der Waals surface area contributed by atoms with Gasteiger partial charge in [-0.05, 0) is 36.1 Å². The van der Waals surface area contributed by atoms with Gasteiger partial charge in [-0.3, -0.25) is 0 Å². The Balaban J connectivity index is 3.08. The fourth-order valence-corrected chi connectivity index (χ4v) is 1.68. The number of benzene rings is 1. The van der Waals surface area contributed by atoms with Crippen molar-refractivity contribution in [2.75, 3.05) is 0 Å². The molecule has 0 bridgehead atoms. The lowest BCUT2D eigenvalue weighted by molar-refractivity contribution is -0.305. The fourth-order valence-electron chi connectivity index (χ4n) is 1.68. The Morgan fingerprint density at radius 2 is 1.75 bits per heavy atom. The van der Waals surface area contributed by atoms with E-state index >= 15 is 0 Å². The van der Waals surface area contributed by atoms with E-state index in [1.807, 2.05) is 6.92 Å². The predicted molar refractivity (Wildman–Crippen MR) is 61.6 cm³/mol. The second kappa shape index (κ2) is 5.93. The van der Waals surface area contributed by atoms with E-state index in [1.54, 1.807) is 0 Å². The number of alkyl halides is 6. The van der Waals surface area contributed by atoms with E-state index in [-0.39, 0.29) is 17.7 Å². The number of hydrogen-bond donors (Lipinski definition) is 1. The van der Waals surface area contributed by atoms with Crippen LogP contribution in [-0.4, -0.2) is 17.2 Å². The van der Waals surface area contributed by atoms with Crippen LogP contribution in [0.4, 0.5) is 26.3 Å². The molecule has 0 aliphatic rings. The van der Waals surface area contributed by atoms with Crippen molar-refractivity contribution < 1.29 is 31.4 Å². The summed E-state index contributed by atoms with van der Waals surface area (Å²) in [6, 6.07) is 2.52. The maximum atomic E-state index is 13.5. The molecule has 1 unspecified atom stereocenters. The number of aryl methyl sites for hydroxylation is 1. The predicted octanol–water partition coefficient (Wildman–Crippen LogP) is 4.94. The third-order valence-corrected chi connectivity index (χ3v) is 2.89. The molecule has 1 aromatic carbocycles. The molecule has 0 amide bonds. The second-order valence-corrected chi connectivity index (χ2v) is 4.47. The molecule has 114 valence electrons. The molecule has 1 rings (SSSR count). The van der Waals surface area contributed by atoms with Gasteiger partial charge in [0.25, 0.3) is 0 Å². The topological polar surface area (TPSA) is 20.2 Å². The SMILES string of the molecule is CCCCc1cc(C(F)C(F)(F)C(F)(F)F)ccc1O. The van der Waals surface area contributed by atoms with E-state index in [4.69, 9.17) is 0 Å². The summed E-state index contributed by atoms with van der Waals surface area (Å²) in [5, 5.41) is 9.47. The molecule has 0 spiro atoms. The van der Waals surface area contributed by atoms with Gasteiger partial charge in [0.2, 0.25) is 0 Å². The van der Waals surface area contributed by atoms with E-state index in [0.29, 0.717) is 6.42 Å². The molecule has 0 aliphatic carbocycles. The highest BCUT2D eigenvalue weighted by atomic mass is 19.4. The van der Waals surface area contributed by atoms with Gasteiger partial charge in [0.15, 0.2) is 6.17 Å². The molecule has 1 atom stereocenters. The number of unbranched alkanes of at least 4 members (excludes halogenated alkanes) is 1. The molecule has 1 N–H and O–H groups in total. The Morgan fingerprint density at radius 3 is 2.25 bits per heavy atom. The van der Waals surface area contributed by atoms with Crippen LogP contribution in [0.5, 0.6) is 5.75 Å². The maximum absolute atomic E-state index is 13.5. The summed E-state index contributed by atoms with van der Waals surface area (Å²) < 4.78 is 75.7. The van der Waals surface area contributed by atoms with Crippen LogP contribution in [0.2, 0.25) is 0 Å². The molecule has 0 saturated heterocycles. The Bertz CT molecular complexity index is 455. The summed E-state index contributed by atoms with van der Waals surface area (Å²) in [6.45, 7) is 1.84. The minimum atomic E-state index is -5.96. The molecule has 0 saturated carbocycles. The van der Waals surface area contributed by atoms with Crippen LogP contribution >= 0.6 is 0 Å². The van der Waals surface area contributed by atoms with E-state index in [0.717, 1.165) is 24.6 Å². The number of rotatable bonds is 5. The van der Waals surface area contributed by atoms with E-state index < -0.39 is 23.8 Å². The lowest BCUT2D eigenvalue weighted by atomic mass is 9.99. The number of phenolic OH excluding ortho intramolecular Hbond substituents is 1. The molecule has 0 aliphatic heterocycles. The standard InChI is InChI=1S/C13H14F6O/c1-2-3-4-8-7-9(5-6-10(8)20)11(14)12(15,16)13(17,18)19/h5-7,11,20H,2-4H2,1H3. The molecular formula is C13H14F6O. The molecule has 0 aromatic heterocycles. The second-order valence-electron chi connectivity index (χ2n) is 4.47. The lowest BCUT2D eigenvalue weighted by Gasteiger charge is -2.23. The number of halogens is 6. The molecular weight excluding hydrogens is 286 g/mol. The van der Waals surface area contributed by atoms with Crippen LogP contribution in [-0.2, 0) is 6.42 Å². The van der Waals surface area contributed by atoms with E-state index in [1.165, 1.54) is 0 Å². The zero-order valence-corrected chi connectivity index (χ0v) is 10.6. The van der Waals surface area contributed by atoms with Crippen LogP contribution in [0, 0.1) is 0 Å². The normalized spacial score (nSPS) is 14.3. The van der Waals surface area contributed by atoms with Gasteiger partial charge in [0, 0.05) is 0 Å². The van der Waals surface area contributed by atoms with Crippen LogP contribution in [0.3, 0.4) is 0 Å². The molecule has 0 fully saturated rings. The third kappa shape index (κ3) is 3.37. The first kappa shape index (κ1) is 16.7. The van der Waals surface area contributed by atoms with Crippen molar-refractivity contribution in [3.05, 3.63) is 29.3 Å². The first-order chi connectivity index (χ1) is 9.11. The van der Waals surface area contributed by atoms with Gasteiger partial charge in [0.1, 0.15) is 5.75 Å².